The zero-order chi connectivity index (χ0) is 57.1. The Morgan fingerprint density at radius 3 is 2.11 bits per heavy atom. The van der Waals surface area contributed by atoms with Gasteiger partial charge in [0.2, 0.25) is 17.8 Å². The lowest BCUT2D eigenvalue weighted by atomic mass is 9.76. The number of likely N-dealkylation sites (N-methyl/N-ethyl adjacent to an activating group) is 1. The van der Waals surface area contributed by atoms with Gasteiger partial charge in [-0.15, -0.1) is 11.3 Å². The number of nitrogens with one attached hydrogen (secondary N) is 1. The molecule has 0 radical (unpaired) electrons. The molecule has 3 aromatic carbocycles. The van der Waals surface area contributed by atoms with Crippen molar-refractivity contribution in [2.24, 2.45) is 11.3 Å². The average Bonchev–Trinajstić information content (AvgIpc) is 4.05. The number of benzene rings is 3. The Hall–Kier alpha value is -6.71. The van der Waals surface area contributed by atoms with Crippen LogP contribution in [0, 0.1) is 29.9 Å². The molecule has 21 heteroatoms. The summed E-state index contributed by atoms with van der Waals surface area (Å²) in [5, 5.41) is 13.2. The van der Waals surface area contributed by atoms with E-state index >= 15 is 4.39 Å². The monoisotopic (exact) mass is 1110 g/mol. The normalized spacial score (nSPS) is 19.7. The van der Waals surface area contributed by atoms with Gasteiger partial charge in [0.1, 0.15) is 17.4 Å². The first-order valence-corrected chi connectivity index (χ1v) is 27.6. The highest BCUT2D eigenvalue weighted by Crippen LogP contribution is 2.39. The molecule has 0 aliphatic carbocycles. The number of carbonyl (C=O) groups is 5. The molecule has 3 aliphatic heterocycles. The van der Waals surface area contributed by atoms with Crippen molar-refractivity contribution in [2.75, 3.05) is 68.0 Å². The summed E-state index contributed by atoms with van der Waals surface area (Å²) in [6, 6.07) is 11.6. The predicted molar refractivity (Wildman–Crippen MR) is 293 cm³/mol. The molecule has 5 heterocycles. The number of aliphatic hydroxyl groups excluding tert-OH is 1. The molecule has 422 valence electrons. The molecule has 3 saturated heterocycles. The van der Waals surface area contributed by atoms with E-state index in [-0.39, 0.29) is 109 Å². The zero-order valence-electron chi connectivity index (χ0n) is 45.6. The van der Waals surface area contributed by atoms with Crippen molar-refractivity contribution >= 4 is 57.9 Å². The number of likely N-dealkylation sites (tertiary alicyclic amines) is 1. The number of aliphatic hydroxyl groups is 1. The summed E-state index contributed by atoms with van der Waals surface area (Å²) in [7, 11) is 1.96. The largest absolute Gasteiger partial charge is 0.417 e. The minimum Gasteiger partial charge on any atom is -0.391 e. The standard InChI is InChI=1S/C58H68F5N9O6S/c1-34-30-71(31-35(2)68(34)7)49-27-47(60)44(26-48(49)67-54(77)43-17-16-40(59)23-45(43)58(61,62)63)39-28-64-56(65-29-39)70-21-19-69(20-22-70)52(76)10-8-9-41(73)24-46(57(4,5)6)55(78)72-32-42(74)25-50(72)51(75)18-13-37-11-14-38(15-12-37)53-36(3)66-33-79-53/h11-12,14-17,23,26-29,33-35,42,46,50,74H,8-10,13,18-22,24-25,30-32H2,1-7H3,(H,67,77)/t34-,35+,42-,46-,50+/m1/s1. The van der Waals surface area contributed by atoms with E-state index in [2.05, 4.69) is 25.2 Å². The number of aromatic nitrogens is 3. The molecule has 5 aromatic rings. The summed E-state index contributed by atoms with van der Waals surface area (Å²) < 4.78 is 72.2. The van der Waals surface area contributed by atoms with Crippen LogP contribution >= 0.6 is 11.3 Å². The number of halogens is 5. The Morgan fingerprint density at radius 1 is 0.823 bits per heavy atom. The number of carbonyl (C=O) groups excluding carboxylic acids is 5. The van der Waals surface area contributed by atoms with Crippen LogP contribution in [0.25, 0.3) is 21.6 Å². The summed E-state index contributed by atoms with van der Waals surface area (Å²) in [5.41, 5.74) is 2.40. The van der Waals surface area contributed by atoms with Crippen LogP contribution in [0.1, 0.15) is 100 Å². The third-order valence-corrected chi connectivity index (χ3v) is 16.6. The highest BCUT2D eigenvalue weighted by atomic mass is 32.1. The van der Waals surface area contributed by atoms with E-state index in [0.29, 0.717) is 51.6 Å². The first-order chi connectivity index (χ1) is 37.4. The quantitative estimate of drug-likeness (QED) is 0.0847. The molecule has 3 amide bonds. The summed E-state index contributed by atoms with van der Waals surface area (Å²) >= 11 is 1.57. The van der Waals surface area contributed by atoms with E-state index in [1.54, 1.807) is 16.2 Å². The number of piperazine rings is 2. The van der Waals surface area contributed by atoms with E-state index < -0.39 is 58.3 Å². The summed E-state index contributed by atoms with van der Waals surface area (Å²) in [5.74, 6) is -4.23. The zero-order valence-corrected chi connectivity index (χ0v) is 46.4. The maximum Gasteiger partial charge on any atom is 0.417 e. The Labute approximate surface area is 461 Å². The van der Waals surface area contributed by atoms with Crippen LogP contribution in [-0.2, 0) is 31.8 Å². The van der Waals surface area contributed by atoms with Crippen molar-refractivity contribution in [2.45, 2.75) is 117 Å². The molecular formula is C58H68F5N9O6S. The second kappa shape index (κ2) is 24.3. The first kappa shape index (κ1) is 58.4. The van der Waals surface area contributed by atoms with Gasteiger partial charge >= 0.3 is 6.18 Å². The van der Waals surface area contributed by atoms with Gasteiger partial charge in [-0.05, 0) is 87.5 Å². The SMILES string of the molecule is Cc1ncsc1-c1ccc(CCC(=O)[C@@H]2C[C@@H](O)CN2C(=O)[C@@H](CC(=O)CCCC(=O)N2CCN(c3ncc(-c4cc(NC(=O)c5ccc(F)cc5C(F)(F)F)c(N5C[C@@H](C)N(C)[C@@H](C)C5)cc4F)cn3)CC2)C(C)(C)C)cc1. The number of amides is 3. The third-order valence-electron chi connectivity index (χ3n) is 15.6. The second-order valence-corrected chi connectivity index (χ2v) is 23.1. The molecule has 0 spiro atoms. The van der Waals surface area contributed by atoms with Gasteiger partial charge in [-0.1, -0.05) is 45.0 Å². The van der Waals surface area contributed by atoms with Crippen LogP contribution in [0.3, 0.4) is 0 Å². The molecule has 15 nitrogen and oxygen atoms in total. The Bertz CT molecular complexity index is 3020. The number of ketones is 2. The molecule has 0 saturated carbocycles. The van der Waals surface area contributed by atoms with Gasteiger partial charge in [-0.2, -0.15) is 13.2 Å². The molecule has 2 N–H and O–H groups in total. The van der Waals surface area contributed by atoms with Crippen LogP contribution in [0.5, 0.6) is 0 Å². The third kappa shape index (κ3) is 13.8. The number of Topliss-reactive ketones (excluding diaryl/α,β-unsaturated/α-hetero) is 2. The van der Waals surface area contributed by atoms with E-state index in [1.807, 2.05) is 88.2 Å². The number of rotatable bonds is 17. The number of β-amino-alcohol motifs (C(OH)–C–C–N with tert-alkyl or cyclic N) is 1. The molecule has 3 aliphatic rings. The Morgan fingerprint density at radius 2 is 1.49 bits per heavy atom. The smallest absolute Gasteiger partial charge is 0.391 e. The average molecular weight is 1110 g/mol. The van der Waals surface area contributed by atoms with Crippen LogP contribution in [0.15, 0.2) is 72.5 Å². The van der Waals surface area contributed by atoms with Crippen molar-refractivity contribution in [3.05, 3.63) is 107 Å². The van der Waals surface area contributed by atoms with E-state index in [0.717, 1.165) is 33.8 Å². The Balaban J connectivity index is 0.842. The van der Waals surface area contributed by atoms with Crippen molar-refractivity contribution in [1.82, 2.24) is 29.7 Å². The highest BCUT2D eigenvalue weighted by Gasteiger charge is 2.44. The molecule has 3 fully saturated rings. The fourth-order valence-electron chi connectivity index (χ4n) is 10.8. The van der Waals surface area contributed by atoms with Gasteiger partial charge in [-0.3, -0.25) is 28.9 Å². The van der Waals surface area contributed by atoms with Crippen molar-refractivity contribution < 1.29 is 51.0 Å². The summed E-state index contributed by atoms with van der Waals surface area (Å²) in [6.07, 6.45) is -1.88. The minimum atomic E-state index is -5.03. The summed E-state index contributed by atoms with van der Waals surface area (Å²) in [6.45, 7) is 13.8. The van der Waals surface area contributed by atoms with Gasteiger partial charge in [0.25, 0.3) is 5.91 Å². The van der Waals surface area contributed by atoms with Crippen molar-refractivity contribution in [1.29, 1.82) is 0 Å². The summed E-state index contributed by atoms with van der Waals surface area (Å²) in [4.78, 5) is 91.8. The van der Waals surface area contributed by atoms with Crippen LogP contribution in [0.4, 0.5) is 39.3 Å². The van der Waals surface area contributed by atoms with Crippen molar-refractivity contribution in [3.63, 3.8) is 0 Å². The number of nitrogens with zero attached hydrogens (tertiary/aromatic N) is 8. The van der Waals surface area contributed by atoms with Gasteiger partial charge < -0.3 is 30.0 Å². The topological polar surface area (TPSA) is 172 Å². The molecular weight excluding hydrogens is 1050 g/mol. The van der Waals surface area contributed by atoms with E-state index in [4.69, 9.17) is 0 Å². The van der Waals surface area contributed by atoms with Crippen LogP contribution in [-0.4, -0.2) is 141 Å². The lowest BCUT2D eigenvalue weighted by Gasteiger charge is -2.44. The van der Waals surface area contributed by atoms with E-state index in [9.17, 15) is 46.6 Å². The molecule has 8 rings (SSSR count). The Kier molecular flexibility index (Phi) is 18.0. The number of hydrogen-bond acceptors (Lipinski definition) is 13. The van der Waals surface area contributed by atoms with Crippen LogP contribution in [0.2, 0.25) is 0 Å². The minimum absolute atomic E-state index is 0.00975. The highest BCUT2D eigenvalue weighted by molar-refractivity contribution is 7.13. The predicted octanol–water partition coefficient (Wildman–Crippen LogP) is 9.26. The fraction of sp³-hybridized carbons (Fsp3) is 0.483. The number of hydrogen-bond donors (Lipinski definition) is 2. The number of aryl methyl sites for hydroxylation is 2. The molecule has 0 bridgehead atoms. The van der Waals surface area contributed by atoms with Crippen molar-refractivity contribution in [3.8, 4) is 21.6 Å². The lowest BCUT2D eigenvalue weighted by Crippen LogP contribution is -2.55. The van der Waals surface area contributed by atoms with Gasteiger partial charge in [-0.25, -0.2) is 23.7 Å². The number of thiazole rings is 1. The second-order valence-electron chi connectivity index (χ2n) is 22.2. The van der Waals surface area contributed by atoms with Gasteiger partial charge in [0.05, 0.1) is 50.7 Å². The van der Waals surface area contributed by atoms with Crippen LogP contribution < -0.4 is 15.1 Å². The van der Waals surface area contributed by atoms with Gasteiger partial charge in [0.15, 0.2) is 5.78 Å². The molecule has 2 aromatic heterocycles. The number of alkyl halides is 3. The maximum atomic E-state index is 16.2. The maximum absolute atomic E-state index is 16.2. The van der Waals surface area contributed by atoms with E-state index in [1.165, 1.54) is 29.4 Å². The molecule has 79 heavy (non-hydrogen) atoms. The lowest BCUT2D eigenvalue weighted by molar-refractivity contribution is -0.146. The molecule has 5 atom stereocenters. The van der Waals surface area contributed by atoms with Gasteiger partial charge in [0, 0.05) is 119 Å². The fourth-order valence-corrected chi connectivity index (χ4v) is 11.6. The molecule has 0 unspecified atom stereocenters. The first-order valence-electron chi connectivity index (χ1n) is 26.7. The number of anilines is 3.